The van der Waals surface area contributed by atoms with Gasteiger partial charge in [0.25, 0.3) is 0 Å². The highest BCUT2D eigenvalue weighted by Gasteiger charge is 2.40. The topological polar surface area (TPSA) is 0 Å². The van der Waals surface area contributed by atoms with Gasteiger partial charge >= 0.3 is 0 Å². The number of benzene rings is 2. The molecule has 4 heteroatoms. The third kappa shape index (κ3) is 1.57. The van der Waals surface area contributed by atoms with Crippen molar-refractivity contribution in [1.82, 2.24) is 0 Å². The van der Waals surface area contributed by atoms with Gasteiger partial charge in [-0.15, -0.1) is 46.4 Å². The summed E-state index contributed by atoms with van der Waals surface area (Å²) in [5.74, 6) is 0. The lowest BCUT2D eigenvalue weighted by molar-refractivity contribution is 0.809. The van der Waals surface area contributed by atoms with Crippen LogP contribution in [0.4, 0.5) is 0 Å². The van der Waals surface area contributed by atoms with Crippen molar-refractivity contribution in [3.8, 4) is 11.1 Å². The molecule has 0 heterocycles. The summed E-state index contributed by atoms with van der Waals surface area (Å²) in [7, 11) is 0. The van der Waals surface area contributed by atoms with Crippen LogP contribution in [0.1, 0.15) is 43.8 Å². The Bertz CT molecular complexity index is 596. The van der Waals surface area contributed by atoms with Crippen LogP contribution in [-0.4, -0.2) is 0 Å². The molecule has 2 aromatic rings. The molecule has 0 radical (unpaired) electrons. The average Bonchev–Trinajstić information content (AvgIpc) is 2.48. The monoisotopic (exact) mass is 342 g/mol. The molecule has 4 atom stereocenters. The molecule has 0 amide bonds. The lowest BCUT2D eigenvalue weighted by Crippen LogP contribution is -2.19. The van der Waals surface area contributed by atoms with Crippen molar-refractivity contribution < 1.29 is 0 Å². The van der Waals surface area contributed by atoms with E-state index in [1.54, 1.807) is 0 Å². The second kappa shape index (κ2) is 4.55. The molecule has 102 valence electrons. The summed E-state index contributed by atoms with van der Waals surface area (Å²) in [6, 6.07) is 12.1. The standard InChI is InChI=1S/C16H10Cl4/c17-13-7-3-1-4-8-11(7)12-9(15(13)19)5-2-6-10(12)16(20)14(8)18/h1-6,13-16H. The Morgan fingerprint density at radius 3 is 1.00 bits per heavy atom. The van der Waals surface area contributed by atoms with Gasteiger partial charge in [-0.2, -0.15) is 0 Å². The largest absolute Gasteiger partial charge is 0.116 e. The van der Waals surface area contributed by atoms with Crippen LogP contribution in [0.3, 0.4) is 0 Å². The second-order valence-electron chi connectivity index (χ2n) is 5.23. The fourth-order valence-electron chi connectivity index (χ4n) is 3.30. The van der Waals surface area contributed by atoms with Crippen LogP contribution in [0.25, 0.3) is 11.1 Å². The number of halogens is 4. The van der Waals surface area contributed by atoms with Gasteiger partial charge in [0, 0.05) is 0 Å². The molecule has 0 aromatic heterocycles. The Morgan fingerprint density at radius 2 is 0.750 bits per heavy atom. The van der Waals surface area contributed by atoms with Crippen LogP contribution in [0.2, 0.25) is 0 Å². The zero-order valence-electron chi connectivity index (χ0n) is 10.3. The van der Waals surface area contributed by atoms with E-state index in [1.165, 1.54) is 0 Å². The zero-order chi connectivity index (χ0) is 14.0. The first-order valence-corrected chi connectivity index (χ1v) is 8.18. The molecule has 0 N–H and O–H groups in total. The van der Waals surface area contributed by atoms with Gasteiger partial charge in [0.15, 0.2) is 0 Å². The molecule has 4 unspecified atom stereocenters. The van der Waals surface area contributed by atoms with Crippen molar-refractivity contribution in [2.24, 2.45) is 0 Å². The summed E-state index contributed by atoms with van der Waals surface area (Å²) >= 11 is 26.2. The van der Waals surface area contributed by atoms with Gasteiger partial charge in [0.1, 0.15) is 0 Å². The van der Waals surface area contributed by atoms with Crippen molar-refractivity contribution >= 4 is 46.4 Å². The van der Waals surface area contributed by atoms with Crippen molar-refractivity contribution in [2.75, 3.05) is 0 Å². The van der Waals surface area contributed by atoms with Crippen LogP contribution in [0, 0.1) is 0 Å². The SMILES string of the molecule is ClC1c2cccc3c2-c2c(cccc2C(Cl)C3Cl)C1Cl. The van der Waals surface area contributed by atoms with Crippen LogP contribution in [0.5, 0.6) is 0 Å². The summed E-state index contributed by atoms with van der Waals surface area (Å²) < 4.78 is 0. The lowest BCUT2D eigenvalue weighted by Gasteiger charge is -2.37. The van der Waals surface area contributed by atoms with Crippen molar-refractivity contribution in [3.63, 3.8) is 0 Å². The number of hydrogen-bond acceptors (Lipinski definition) is 0. The van der Waals surface area contributed by atoms with Crippen LogP contribution < -0.4 is 0 Å². The molecule has 0 aliphatic heterocycles. The van der Waals surface area contributed by atoms with E-state index in [2.05, 4.69) is 0 Å². The summed E-state index contributed by atoms with van der Waals surface area (Å²) in [5.41, 5.74) is 6.48. The van der Waals surface area contributed by atoms with E-state index >= 15 is 0 Å². The minimum absolute atomic E-state index is 0.245. The Balaban J connectivity index is 2.16. The van der Waals surface area contributed by atoms with Gasteiger partial charge < -0.3 is 0 Å². The molecule has 0 bridgehead atoms. The first-order valence-electron chi connectivity index (χ1n) is 6.43. The van der Waals surface area contributed by atoms with E-state index in [0.717, 1.165) is 33.4 Å². The Morgan fingerprint density at radius 1 is 0.500 bits per heavy atom. The molecule has 2 aliphatic carbocycles. The van der Waals surface area contributed by atoms with E-state index in [0.29, 0.717) is 0 Å². The molecule has 4 rings (SSSR count). The van der Waals surface area contributed by atoms with Crippen molar-refractivity contribution in [1.29, 1.82) is 0 Å². The Kier molecular flexibility index (Phi) is 3.02. The van der Waals surface area contributed by atoms with Gasteiger partial charge in [-0.25, -0.2) is 0 Å². The molecular formula is C16H10Cl4. The highest BCUT2D eigenvalue weighted by atomic mass is 35.5. The molecule has 2 aliphatic rings. The first kappa shape index (κ1) is 13.3. The molecule has 0 saturated carbocycles. The number of rotatable bonds is 0. The fraction of sp³-hybridized carbons (Fsp3) is 0.250. The van der Waals surface area contributed by atoms with E-state index < -0.39 is 0 Å². The van der Waals surface area contributed by atoms with E-state index in [9.17, 15) is 0 Å². The van der Waals surface area contributed by atoms with Gasteiger partial charge in [-0.3, -0.25) is 0 Å². The number of alkyl halides is 4. The minimum atomic E-state index is -0.245. The summed E-state index contributed by atoms with van der Waals surface area (Å²) in [4.78, 5) is 0. The van der Waals surface area contributed by atoms with Crippen molar-refractivity contribution in [3.05, 3.63) is 58.7 Å². The minimum Gasteiger partial charge on any atom is -0.116 e. The molecule has 0 spiro atoms. The summed E-state index contributed by atoms with van der Waals surface area (Å²) in [6.07, 6.45) is 0. The predicted octanol–water partition coefficient (Wildman–Crippen LogP) is 6.50. The third-order valence-corrected chi connectivity index (χ3v) is 6.42. The molecular weight excluding hydrogens is 334 g/mol. The van der Waals surface area contributed by atoms with Crippen LogP contribution >= 0.6 is 46.4 Å². The second-order valence-corrected chi connectivity index (χ2v) is 7.11. The highest BCUT2D eigenvalue weighted by molar-refractivity contribution is 6.33. The Labute approximate surface area is 137 Å². The molecule has 0 fully saturated rings. The van der Waals surface area contributed by atoms with Crippen LogP contribution in [0.15, 0.2) is 36.4 Å². The van der Waals surface area contributed by atoms with Gasteiger partial charge in [0.2, 0.25) is 0 Å². The fourth-order valence-corrected chi connectivity index (χ4v) is 4.58. The number of hydrogen-bond donors (Lipinski definition) is 0. The average molecular weight is 344 g/mol. The maximum atomic E-state index is 6.55. The van der Waals surface area contributed by atoms with Crippen molar-refractivity contribution in [2.45, 2.75) is 21.5 Å². The van der Waals surface area contributed by atoms with Crippen LogP contribution in [-0.2, 0) is 0 Å². The molecule has 0 nitrogen and oxygen atoms in total. The maximum absolute atomic E-state index is 6.55. The smallest absolute Gasteiger partial charge is 0.0796 e. The quantitative estimate of drug-likeness (QED) is 0.479. The Hall–Kier alpha value is -0.400. The highest BCUT2D eigenvalue weighted by Crippen LogP contribution is 2.59. The molecule has 20 heavy (non-hydrogen) atoms. The zero-order valence-corrected chi connectivity index (χ0v) is 13.3. The van der Waals surface area contributed by atoms with E-state index in [4.69, 9.17) is 46.4 Å². The lowest BCUT2D eigenvalue weighted by atomic mass is 9.75. The molecule has 2 aromatic carbocycles. The first-order chi connectivity index (χ1) is 9.61. The predicted molar refractivity (Wildman–Crippen MR) is 86.3 cm³/mol. The summed E-state index contributed by atoms with van der Waals surface area (Å²) in [5, 5.41) is -0.981. The maximum Gasteiger partial charge on any atom is 0.0796 e. The third-order valence-electron chi connectivity index (χ3n) is 4.21. The van der Waals surface area contributed by atoms with Gasteiger partial charge in [-0.1, -0.05) is 36.4 Å². The van der Waals surface area contributed by atoms with Gasteiger partial charge in [-0.05, 0) is 33.4 Å². The van der Waals surface area contributed by atoms with E-state index in [1.807, 2.05) is 36.4 Å². The van der Waals surface area contributed by atoms with E-state index in [-0.39, 0.29) is 21.5 Å². The summed E-state index contributed by atoms with van der Waals surface area (Å²) in [6.45, 7) is 0. The normalized spacial score (nSPS) is 30.0. The van der Waals surface area contributed by atoms with Gasteiger partial charge in [0.05, 0.1) is 21.5 Å². The molecule has 0 saturated heterocycles.